The fourth-order valence-corrected chi connectivity index (χ4v) is 2.36. The number of benzene rings is 1. The highest BCUT2D eigenvalue weighted by Crippen LogP contribution is 2.02. The van der Waals surface area contributed by atoms with Crippen LogP contribution < -0.4 is 5.32 Å². The number of oxime groups is 1. The molecule has 162 valence electrons. The van der Waals surface area contributed by atoms with Gasteiger partial charge in [0, 0.05) is 18.7 Å². The number of aryl methyl sites for hydroxylation is 2. The molecule has 0 unspecified atom stereocenters. The van der Waals surface area contributed by atoms with Crippen LogP contribution in [-0.4, -0.2) is 48.7 Å². The van der Waals surface area contributed by atoms with E-state index in [1.807, 2.05) is 50.2 Å². The Hall–Kier alpha value is -3.49. The zero-order valence-electron chi connectivity index (χ0n) is 17.8. The minimum atomic E-state index is 0.225. The van der Waals surface area contributed by atoms with Gasteiger partial charge in [0.05, 0.1) is 11.4 Å². The van der Waals surface area contributed by atoms with Crippen LogP contribution in [-0.2, 0) is 4.79 Å². The van der Waals surface area contributed by atoms with Crippen LogP contribution in [0.3, 0.4) is 0 Å². The molecular formula is C21H31N7O2. The van der Waals surface area contributed by atoms with E-state index in [9.17, 15) is 4.79 Å². The molecule has 1 saturated heterocycles. The lowest BCUT2D eigenvalue weighted by atomic mass is 10.1. The van der Waals surface area contributed by atoms with Crippen LogP contribution in [0.5, 0.6) is 0 Å². The van der Waals surface area contributed by atoms with Crippen molar-refractivity contribution >= 4 is 11.6 Å². The molecule has 0 aliphatic carbocycles. The smallest absolute Gasteiger partial charge is 0.219 e. The first-order chi connectivity index (χ1) is 14.5. The van der Waals surface area contributed by atoms with Crippen LogP contribution in [0.4, 0.5) is 0 Å². The molecule has 2 aromatic heterocycles. The number of carbonyl (C=O) groups is 1. The summed E-state index contributed by atoms with van der Waals surface area (Å²) >= 11 is 0. The molecule has 4 N–H and O–H groups in total. The molecule has 0 atom stereocenters. The first-order valence-corrected chi connectivity index (χ1v) is 9.81. The van der Waals surface area contributed by atoms with Gasteiger partial charge in [-0.1, -0.05) is 41.9 Å². The van der Waals surface area contributed by atoms with Gasteiger partial charge in [-0.25, -0.2) is 4.98 Å². The van der Waals surface area contributed by atoms with Crippen molar-refractivity contribution in [1.29, 1.82) is 0 Å². The highest BCUT2D eigenvalue weighted by atomic mass is 16.4. The molecule has 9 heteroatoms. The summed E-state index contributed by atoms with van der Waals surface area (Å²) in [6, 6.07) is 11.5. The van der Waals surface area contributed by atoms with Crippen LogP contribution in [0.25, 0.3) is 0 Å². The maximum absolute atomic E-state index is 10.6. The number of H-pyrrole nitrogens is 2. The second-order valence-corrected chi connectivity index (χ2v) is 6.56. The summed E-state index contributed by atoms with van der Waals surface area (Å²) in [5.41, 5.74) is 3.76. The molecule has 1 aliphatic rings. The van der Waals surface area contributed by atoms with Crippen molar-refractivity contribution in [2.45, 2.75) is 46.5 Å². The zero-order chi connectivity index (χ0) is 22.0. The third kappa shape index (κ3) is 12.1. The summed E-state index contributed by atoms with van der Waals surface area (Å²) in [5, 5.41) is 27.0. The van der Waals surface area contributed by atoms with Crippen LogP contribution >= 0.6 is 0 Å². The quantitative estimate of drug-likeness (QED) is 0.276. The maximum Gasteiger partial charge on any atom is 0.219 e. The van der Waals surface area contributed by atoms with E-state index < -0.39 is 0 Å². The molecule has 1 aliphatic heterocycles. The Labute approximate surface area is 177 Å². The molecular weight excluding hydrogens is 382 g/mol. The Kier molecular flexibility index (Phi) is 12.6. The van der Waals surface area contributed by atoms with Crippen LogP contribution in [0.2, 0.25) is 0 Å². The largest absolute Gasteiger partial charge is 0.411 e. The van der Waals surface area contributed by atoms with Gasteiger partial charge >= 0.3 is 0 Å². The SMILES string of the molecule is C/C(=N/O)c1ccccc1.Cc1cc(C)[nH]n1.O=C1CCCCCN1.c1nc[nH]n1. The third-order valence-electron chi connectivity index (χ3n) is 3.91. The molecule has 3 aromatic rings. The summed E-state index contributed by atoms with van der Waals surface area (Å²) in [5.74, 6) is 0.225. The predicted molar refractivity (Wildman–Crippen MR) is 116 cm³/mol. The van der Waals surface area contributed by atoms with E-state index in [1.165, 1.54) is 19.1 Å². The number of hydrogen-bond donors (Lipinski definition) is 4. The van der Waals surface area contributed by atoms with Gasteiger partial charge in [-0.15, -0.1) is 0 Å². The number of hydrogen-bond acceptors (Lipinski definition) is 6. The normalized spacial score (nSPS) is 13.2. The monoisotopic (exact) mass is 413 g/mol. The number of aromatic amines is 2. The number of nitrogens with zero attached hydrogens (tertiary/aromatic N) is 4. The Bertz CT molecular complexity index is 786. The van der Waals surface area contributed by atoms with Gasteiger partial charge in [-0.05, 0) is 45.2 Å². The third-order valence-corrected chi connectivity index (χ3v) is 3.91. The Morgan fingerprint density at radius 1 is 1.13 bits per heavy atom. The molecule has 9 nitrogen and oxygen atoms in total. The van der Waals surface area contributed by atoms with Gasteiger partial charge in [0.15, 0.2) is 0 Å². The van der Waals surface area contributed by atoms with Crippen molar-refractivity contribution in [3.8, 4) is 0 Å². The van der Waals surface area contributed by atoms with Gasteiger partial charge in [0.1, 0.15) is 12.7 Å². The van der Waals surface area contributed by atoms with Crippen molar-refractivity contribution in [3.63, 3.8) is 0 Å². The molecule has 0 saturated carbocycles. The Balaban J connectivity index is 0.000000205. The molecule has 0 bridgehead atoms. The van der Waals surface area contributed by atoms with E-state index >= 15 is 0 Å². The first kappa shape index (κ1) is 24.5. The fourth-order valence-electron chi connectivity index (χ4n) is 2.36. The number of rotatable bonds is 1. The second kappa shape index (κ2) is 15.4. The topological polar surface area (TPSA) is 132 Å². The van der Waals surface area contributed by atoms with Gasteiger partial charge in [0.2, 0.25) is 5.91 Å². The number of carbonyl (C=O) groups excluding carboxylic acids is 1. The van der Waals surface area contributed by atoms with Crippen LogP contribution in [0, 0.1) is 13.8 Å². The summed E-state index contributed by atoms with van der Waals surface area (Å²) in [4.78, 5) is 14.1. The average Bonchev–Trinajstić information content (AvgIpc) is 3.41. The van der Waals surface area contributed by atoms with E-state index in [4.69, 9.17) is 5.21 Å². The molecule has 1 fully saturated rings. The number of amides is 1. The van der Waals surface area contributed by atoms with E-state index in [2.05, 4.69) is 35.9 Å². The number of nitrogens with one attached hydrogen (secondary N) is 3. The van der Waals surface area contributed by atoms with E-state index in [0.29, 0.717) is 5.71 Å². The zero-order valence-corrected chi connectivity index (χ0v) is 17.8. The lowest BCUT2D eigenvalue weighted by Gasteiger charge is -1.94. The molecule has 3 heterocycles. The average molecular weight is 414 g/mol. The second-order valence-electron chi connectivity index (χ2n) is 6.56. The number of aromatic nitrogens is 5. The predicted octanol–water partition coefficient (Wildman–Crippen LogP) is 3.39. The summed E-state index contributed by atoms with van der Waals surface area (Å²) in [6.45, 7) is 6.59. The lowest BCUT2D eigenvalue weighted by Crippen LogP contribution is -2.21. The first-order valence-electron chi connectivity index (χ1n) is 9.81. The molecule has 4 rings (SSSR count). The maximum atomic E-state index is 10.6. The van der Waals surface area contributed by atoms with Crippen LogP contribution in [0.1, 0.15) is 49.6 Å². The van der Waals surface area contributed by atoms with Crippen molar-refractivity contribution in [2.75, 3.05) is 6.54 Å². The van der Waals surface area contributed by atoms with Gasteiger partial charge < -0.3 is 10.5 Å². The molecule has 0 spiro atoms. The van der Waals surface area contributed by atoms with Gasteiger partial charge in [0.25, 0.3) is 0 Å². The van der Waals surface area contributed by atoms with E-state index in [0.717, 1.165) is 42.8 Å². The van der Waals surface area contributed by atoms with Crippen LogP contribution in [0.15, 0.2) is 54.2 Å². The van der Waals surface area contributed by atoms with E-state index in [1.54, 1.807) is 6.92 Å². The van der Waals surface area contributed by atoms with Crippen molar-refractivity contribution < 1.29 is 10.0 Å². The summed E-state index contributed by atoms with van der Waals surface area (Å²) in [6.07, 6.45) is 7.14. The minimum Gasteiger partial charge on any atom is -0.411 e. The van der Waals surface area contributed by atoms with Gasteiger partial charge in [-0.3, -0.25) is 15.0 Å². The van der Waals surface area contributed by atoms with Crippen molar-refractivity contribution in [2.24, 2.45) is 5.16 Å². The molecule has 1 aromatic carbocycles. The summed E-state index contributed by atoms with van der Waals surface area (Å²) in [7, 11) is 0. The molecule has 1 amide bonds. The lowest BCUT2D eigenvalue weighted by molar-refractivity contribution is -0.120. The Morgan fingerprint density at radius 3 is 2.37 bits per heavy atom. The highest BCUT2D eigenvalue weighted by Gasteiger charge is 2.03. The fraction of sp³-hybridized carbons (Fsp3) is 0.381. The van der Waals surface area contributed by atoms with Gasteiger partial charge in [-0.2, -0.15) is 10.2 Å². The van der Waals surface area contributed by atoms with Crippen molar-refractivity contribution in [3.05, 3.63) is 66.0 Å². The minimum absolute atomic E-state index is 0.225. The standard InChI is InChI=1S/C8H9NO.C6H11NO.C5H8N2.C2H3N3/c1-7(9-10)8-5-3-2-4-6-8;8-6-4-2-1-3-5-7-6;1-4-3-5(2)7-6-4;1-3-2-5-4-1/h2-6,10H,1H3;1-5H2,(H,7,8);3H,1-2H3,(H,6,7);1-2H,(H,3,4,5)/b9-7-;;;. The summed E-state index contributed by atoms with van der Waals surface area (Å²) < 4.78 is 0. The Morgan fingerprint density at radius 2 is 1.90 bits per heavy atom. The van der Waals surface area contributed by atoms with Crippen molar-refractivity contribution in [1.82, 2.24) is 30.7 Å². The molecule has 30 heavy (non-hydrogen) atoms. The van der Waals surface area contributed by atoms with E-state index in [-0.39, 0.29) is 5.91 Å². The molecule has 0 radical (unpaired) electrons. The highest BCUT2D eigenvalue weighted by molar-refractivity contribution is 5.98.